The van der Waals surface area contributed by atoms with Crippen molar-refractivity contribution in [1.29, 1.82) is 0 Å². The van der Waals surface area contributed by atoms with Gasteiger partial charge in [-0.2, -0.15) is 4.31 Å². The van der Waals surface area contributed by atoms with E-state index in [4.69, 9.17) is 4.74 Å². The highest BCUT2D eigenvalue weighted by Gasteiger charge is 2.30. The van der Waals surface area contributed by atoms with E-state index in [0.717, 1.165) is 12.2 Å². The number of anilines is 2. The first-order chi connectivity index (χ1) is 13.0. The fraction of sp³-hybridized carbons (Fsp3) is 0.368. The molecule has 0 N–H and O–H groups in total. The fourth-order valence-corrected chi connectivity index (χ4v) is 4.96. The molecule has 0 unspecified atom stereocenters. The monoisotopic (exact) mass is 391 g/mol. The molecule has 2 aromatic carbocycles. The molecule has 0 spiro atoms. The lowest BCUT2D eigenvalue weighted by atomic mass is 10.2. The molecule has 6 nitrogen and oxygen atoms in total. The third-order valence-electron chi connectivity index (χ3n) is 5.10. The number of likely N-dealkylation sites (N-methyl/N-ethyl adjacent to an activating group) is 1. The Kier molecular flexibility index (Phi) is 4.69. The van der Waals surface area contributed by atoms with Crippen LogP contribution in [0.5, 0.6) is 5.75 Å². The molecule has 0 bridgehead atoms. The Labute approximate surface area is 158 Å². The van der Waals surface area contributed by atoms with E-state index in [2.05, 4.69) is 0 Å². The van der Waals surface area contributed by atoms with E-state index in [0.29, 0.717) is 44.2 Å². The molecule has 144 valence electrons. The standard InChI is InChI=1S/C19H22FN3O3S/c1-21-12-13-26-19-7-6-15(14-18(19)21)27(24,25)23-10-8-22(9-11-23)17-5-3-2-4-16(17)20/h2-7,14H,8-13H2,1H3. The predicted molar refractivity (Wildman–Crippen MR) is 103 cm³/mol. The van der Waals surface area contributed by atoms with Crippen molar-refractivity contribution in [3.63, 3.8) is 0 Å². The maximum absolute atomic E-state index is 14.0. The molecule has 2 heterocycles. The van der Waals surface area contributed by atoms with Crippen LogP contribution >= 0.6 is 0 Å². The molecule has 2 aliphatic rings. The van der Waals surface area contributed by atoms with Gasteiger partial charge in [0.15, 0.2) is 0 Å². The summed E-state index contributed by atoms with van der Waals surface area (Å²) in [6, 6.07) is 11.6. The molecular formula is C19H22FN3O3S. The zero-order chi connectivity index (χ0) is 19.0. The number of nitrogens with zero attached hydrogens (tertiary/aromatic N) is 3. The van der Waals surface area contributed by atoms with Gasteiger partial charge < -0.3 is 14.5 Å². The Morgan fingerprint density at radius 2 is 1.70 bits per heavy atom. The molecule has 0 saturated carbocycles. The number of para-hydroxylation sites is 1. The van der Waals surface area contributed by atoms with Gasteiger partial charge in [-0.3, -0.25) is 0 Å². The molecule has 2 aromatic rings. The molecule has 0 aromatic heterocycles. The van der Waals surface area contributed by atoms with E-state index in [1.54, 1.807) is 36.4 Å². The van der Waals surface area contributed by atoms with Crippen molar-refractivity contribution in [2.75, 3.05) is 56.2 Å². The number of fused-ring (bicyclic) bond motifs is 1. The Bertz CT molecular complexity index is 943. The summed E-state index contributed by atoms with van der Waals surface area (Å²) < 4.78 is 47.2. The average Bonchev–Trinajstić information content (AvgIpc) is 2.68. The van der Waals surface area contributed by atoms with Crippen LogP contribution in [0, 0.1) is 5.82 Å². The number of halogens is 1. The molecular weight excluding hydrogens is 369 g/mol. The summed E-state index contributed by atoms with van der Waals surface area (Å²) >= 11 is 0. The highest BCUT2D eigenvalue weighted by molar-refractivity contribution is 7.89. The van der Waals surface area contributed by atoms with Gasteiger partial charge >= 0.3 is 0 Å². The van der Waals surface area contributed by atoms with Gasteiger partial charge in [-0.05, 0) is 30.3 Å². The minimum atomic E-state index is -3.60. The number of hydrogen-bond acceptors (Lipinski definition) is 5. The van der Waals surface area contributed by atoms with Crippen LogP contribution in [0.25, 0.3) is 0 Å². The average molecular weight is 391 g/mol. The molecule has 27 heavy (non-hydrogen) atoms. The highest BCUT2D eigenvalue weighted by atomic mass is 32.2. The Hall–Kier alpha value is -2.32. The smallest absolute Gasteiger partial charge is 0.243 e. The fourth-order valence-electron chi connectivity index (χ4n) is 3.52. The van der Waals surface area contributed by atoms with Crippen LogP contribution in [0.4, 0.5) is 15.8 Å². The predicted octanol–water partition coefficient (Wildman–Crippen LogP) is 2.17. The minimum absolute atomic E-state index is 0.262. The quantitative estimate of drug-likeness (QED) is 0.803. The maximum atomic E-state index is 14.0. The van der Waals surface area contributed by atoms with E-state index in [-0.39, 0.29) is 10.7 Å². The number of rotatable bonds is 3. The van der Waals surface area contributed by atoms with E-state index >= 15 is 0 Å². The van der Waals surface area contributed by atoms with Crippen LogP contribution in [0.3, 0.4) is 0 Å². The van der Waals surface area contributed by atoms with Crippen molar-refractivity contribution in [3.05, 3.63) is 48.3 Å². The highest BCUT2D eigenvalue weighted by Crippen LogP contribution is 2.34. The zero-order valence-corrected chi connectivity index (χ0v) is 16.0. The van der Waals surface area contributed by atoms with Gasteiger partial charge in [0.2, 0.25) is 10.0 Å². The lowest BCUT2D eigenvalue weighted by Gasteiger charge is -2.35. The number of piperazine rings is 1. The van der Waals surface area contributed by atoms with Crippen molar-refractivity contribution in [2.24, 2.45) is 0 Å². The van der Waals surface area contributed by atoms with Crippen LogP contribution in [-0.4, -0.2) is 59.1 Å². The molecule has 0 amide bonds. The van der Waals surface area contributed by atoms with Gasteiger partial charge in [-0.15, -0.1) is 0 Å². The van der Waals surface area contributed by atoms with Gasteiger partial charge in [-0.1, -0.05) is 12.1 Å². The first-order valence-electron chi connectivity index (χ1n) is 8.94. The first kappa shape index (κ1) is 18.1. The van der Waals surface area contributed by atoms with E-state index in [1.807, 2.05) is 16.8 Å². The van der Waals surface area contributed by atoms with Gasteiger partial charge in [-0.25, -0.2) is 12.8 Å². The third-order valence-corrected chi connectivity index (χ3v) is 6.99. The van der Waals surface area contributed by atoms with Crippen LogP contribution in [0.1, 0.15) is 0 Å². The van der Waals surface area contributed by atoms with Crippen molar-refractivity contribution >= 4 is 21.4 Å². The SMILES string of the molecule is CN1CCOc2ccc(S(=O)(=O)N3CCN(c4ccccc4F)CC3)cc21. The van der Waals surface area contributed by atoms with Crippen LogP contribution in [0.15, 0.2) is 47.4 Å². The normalized spacial score (nSPS) is 18.1. The van der Waals surface area contributed by atoms with Crippen LogP contribution in [-0.2, 0) is 10.0 Å². The van der Waals surface area contributed by atoms with Crippen molar-refractivity contribution in [1.82, 2.24) is 4.31 Å². The van der Waals surface area contributed by atoms with Gasteiger partial charge in [0.05, 0.1) is 22.8 Å². The second-order valence-electron chi connectivity index (χ2n) is 6.74. The third kappa shape index (κ3) is 3.35. The molecule has 4 rings (SSSR count). The second-order valence-corrected chi connectivity index (χ2v) is 8.68. The molecule has 2 aliphatic heterocycles. The van der Waals surface area contributed by atoms with E-state index in [9.17, 15) is 12.8 Å². The van der Waals surface area contributed by atoms with Crippen molar-refractivity contribution in [3.8, 4) is 5.75 Å². The number of sulfonamides is 1. The summed E-state index contributed by atoms with van der Waals surface area (Å²) in [5, 5.41) is 0. The first-order valence-corrected chi connectivity index (χ1v) is 10.4. The van der Waals surface area contributed by atoms with E-state index in [1.165, 1.54) is 10.4 Å². The number of benzene rings is 2. The second kappa shape index (κ2) is 7.01. The minimum Gasteiger partial charge on any atom is -0.490 e. The molecule has 1 saturated heterocycles. The molecule has 0 atom stereocenters. The zero-order valence-electron chi connectivity index (χ0n) is 15.1. The lowest BCUT2D eigenvalue weighted by Crippen LogP contribution is -2.48. The topological polar surface area (TPSA) is 53.1 Å². The Balaban J connectivity index is 1.52. The maximum Gasteiger partial charge on any atom is 0.243 e. The molecule has 8 heteroatoms. The summed E-state index contributed by atoms with van der Waals surface area (Å²) in [5.41, 5.74) is 1.30. The Morgan fingerprint density at radius 3 is 2.44 bits per heavy atom. The van der Waals surface area contributed by atoms with Gasteiger partial charge in [0, 0.05) is 33.2 Å². The summed E-state index contributed by atoms with van der Waals surface area (Å²) in [5.74, 6) is 0.415. The van der Waals surface area contributed by atoms with E-state index < -0.39 is 10.0 Å². The van der Waals surface area contributed by atoms with Crippen molar-refractivity contribution < 1.29 is 17.5 Å². The lowest BCUT2D eigenvalue weighted by molar-refractivity contribution is 0.311. The number of ether oxygens (including phenoxy) is 1. The molecule has 0 radical (unpaired) electrons. The van der Waals surface area contributed by atoms with Gasteiger partial charge in [0.1, 0.15) is 18.2 Å². The molecule has 1 fully saturated rings. The van der Waals surface area contributed by atoms with Gasteiger partial charge in [0.25, 0.3) is 0 Å². The number of hydrogen-bond donors (Lipinski definition) is 0. The van der Waals surface area contributed by atoms with Crippen LogP contribution in [0.2, 0.25) is 0 Å². The summed E-state index contributed by atoms with van der Waals surface area (Å²) in [6.07, 6.45) is 0. The van der Waals surface area contributed by atoms with Crippen molar-refractivity contribution in [2.45, 2.75) is 4.90 Å². The summed E-state index contributed by atoms with van der Waals surface area (Å²) in [4.78, 5) is 4.14. The summed E-state index contributed by atoms with van der Waals surface area (Å²) in [6.45, 7) is 2.85. The van der Waals surface area contributed by atoms with Crippen LogP contribution < -0.4 is 14.5 Å². The summed E-state index contributed by atoms with van der Waals surface area (Å²) in [7, 11) is -1.68. The molecule has 0 aliphatic carbocycles. The Morgan fingerprint density at radius 1 is 0.963 bits per heavy atom. The largest absolute Gasteiger partial charge is 0.490 e.